The van der Waals surface area contributed by atoms with Gasteiger partial charge in [0.1, 0.15) is 5.69 Å². The molecule has 2 aromatic rings. The second-order valence-electron chi connectivity index (χ2n) is 4.42. The van der Waals surface area contributed by atoms with Crippen LogP contribution < -0.4 is 5.32 Å². The molecule has 0 atom stereocenters. The molecular formula is C14H15N3O2. The van der Waals surface area contributed by atoms with Crippen molar-refractivity contribution >= 4 is 11.4 Å². The van der Waals surface area contributed by atoms with Gasteiger partial charge in [0, 0.05) is 25.0 Å². The minimum atomic E-state index is -0.360. The van der Waals surface area contributed by atoms with Crippen molar-refractivity contribution < 1.29 is 4.92 Å². The number of aromatic nitrogens is 1. The molecule has 0 spiro atoms. The summed E-state index contributed by atoms with van der Waals surface area (Å²) < 4.78 is 0. The molecule has 0 saturated carbocycles. The van der Waals surface area contributed by atoms with Crippen molar-refractivity contribution in [3.8, 4) is 0 Å². The Kier molecular flexibility index (Phi) is 3.75. The van der Waals surface area contributed by atoms with Gasteiger partial charge in [0.15, 0.2) is 0 Å². The van der Waals surface area contributed by atoms with Gasteiger partial charge < -0.3 is 5.32 Å². The molecule has 5 heteroatoms. The van der Waals surface area contributed by atoms with Gasteiger partial charge in [-0.3, -0.25) is 15.1 Å². The Labute approximate surface area is 111 Å². The van der Waals surface area contributed by atoms with Crippen molar-refractivity contribution in [2.75, 3.05) is 5.32 Å². The molecule has 0 unspecified atom stereocenters. The van der Waals surface area contributed by atoms with Crippen LogP contribution in [0.3, 0.4) is 0 Å². The topological polar surface area (TPSA) is 68.1 Å². The van der Waals surface area contributed by atoms with E-state index < -0.39 is 0 Å². The van der Waals surface area contributed by atoms with Crippen LogP contribution in [0.2, 0.25) is 0 Å². The number of aryl methyl sites for hydroxylation is 2. The van der Waals surface area contributed by atoms with Gasteiger partial charge in [-0.05, 0) is 48.7 Å². The summed E-state index contributed by atoms with van der Waals surface area (Å²) >= 11 is 0. The number of hydrogen-bond donors (Lipinski definition) is 1. The number of nitrogens with one attached hydrogen (secondary N) is 1. The maximum atomic E-state index is 11.1. The fraction of sp³-hybridized carbons (Fsp3) is 0.214. The van der Waals surface area contributed by atoms with Gasteiger partial charge in [-0.2, -0.15) is 0 Å². The van der Waals surface area contributed by atoms with Crippen LogP contribution in [-0.4, -0.2) is 9.91 Å². The normalized spacial score (nSPS) is 10.2. The van der Waals surface area contributed by atoms with Gasteiger partial charge in [0.25, 0.3) is 5.69 Å². The van der Waals surface area contributed by atoms with Crippen molar-refractivity contribution in [1.82, 2.24) is 4.98 Å². The summed E-state index contributed by atoms with van der Waals surface area (Å²) in [6.45, 7) is 4.34. The van der Waals surface area contributed by atoms with Gasteiger partial charge >= 0.3 is 0 Å². The molecule has 0 fully saturated rings. The molecule has 1 aromatic carbocycles. The van der Waals surface area contributed by atoms with Crippen LogP contribution in [0, 0.1) is 24.0 Å². The van der Waals surface area contributed by atoms with Crippen molar-refractivity contribution in [2.24, 2.45) is 0 Å². The van der Waals surface area contributed by atoms with E-state index in [1.165, 1.54) is 0 Å². The van der Waals surface area contributed by atoms with E-state index in [2.05, 4.69) is 10.3 Å². The average molecular weight is 257 g/mol. The largest absolute Gasteiger partial charge is 0.375 e. The highest BCUT2D eigenvalue weighted by molar-refractivity contribution is 5.64. The molecule has 0 bridgehead atoms. The lowest BCUT2D eigenvalue weighted by Gasteiger charge is -2.09. The van der Waals surface area contributed by atoms with E-state index in [0.717, 1.165) is 16.7 Å². The molecule has 2 rings (SSSR count). The summed E-state index contributed by atoms with van der Waals surface area (Å²) in [5, 5.41) is 14.2. The second kappa shape index (κ2) is 5.48. The molecule has 19 heavy (non-hydrogen) atoms. The first-order chi connectivity index (χ1) is 9.08. The quantitative estimate of drug-likeness (QED) is 0.674. The summed E-state index contributed by atoms with van der Waals surface area (Å²) in [7, 11) is 0. The maximum absolute atomic E-state index is 11.1. The summed E-state index contributed by atoms with van der Waals surface area (Å²) in [6, 6.07) is 7.17. The Bertz CT molecular complexity index is 597. The minimum Gasteiger partial charge on any atom is -0.375 e. The lowest BCUT2D eigenvalue weighted by molar-refractivity contribution is -0.384. The van der Waals surface area contributed by atoms with Gasteiger partial charge in [-0.25, -0.2) is 0 Å². The molecule has 0 radical (unpaired) electrons. The molecule has 0 amide bonds. The standard InChI is InChI=1S/C14H15N3O2/c1-10-7-13(14(17(18)19)8-11(10)2)16-9-12-3-5-15-6-4-12/h3-8,16H,9H2,1-2H3. The van der Waals surface area contributed by atoms with E-state index >= 15 is 0 Å². The third-order valence-corrected chi connectivity index (χ3v) is 3.04. The zero-order valence-corrected chi connectivity index (χ0v) is 10.9. The number of benzene rings is 1. The van der Waals surface area contributed by atoms with Crippen LogP contribution in [-0.2, 0) is 6.54 Å². The SMILES string of the molecule is Cc1cc(NCc2ccncc2)c([N+](=O)[O-])cc1C. The molecule has 98 valence electrons. The number of nitrogens with zero attached hydrogens (tertiary/aromatic N) is 2. The average Bonchev–Trinajstić information content (AvgIpc) is 2.40. The molecular weight excluding hydrogens is 242 g/mol. The predicted octanol–water partition coefficient (Wildman–Crippen LogP) is 3.22. The third-order valence-electron chi connectivity index (χ3n) is 3.04. The van der Waals surface area contributed by atoms with Crippen LogP contribution in [0.15, 0.2) is 36.7 Å². The molecule has 5 nitrogen and oxygen atoms in total. The molecule has 0 aliphatic heterocycles. The Morgan fingerprint density at radius 1 is 1.21 bits per heavy atom. The molecule has 1 N–H and O–H groups in total. The highest BCUT2D eigenvalue weighted by atomic mass is 16.6. The molecule has 0 aliphatic rings. The summed E-state index contributed by atoms with van der Waals surface area (Å²) in [5.41, 5.74) is 3.63. The predicted molar refractivity (Wildman–Crippen MR) is 74.1 cm³/mol. The Hall–Kier alpha value is -2.43. The smallest absolute Gasteiger partial charge is 0.292 e. The zero-order chi connectivity index (χ0) is 13.8. The van der Waals surface area contributed by atoms with Gasteiger partial charge in [0.2, 0.25) is 0 Å². The van der Waals surface area contributed by atoms with Crippen molar-refractivity contribution in [1.29, 1.82) is 0 Å². The number of pyridine rings is 1. The number of rotatable bonds is 4. The molecule has 1 heterocycles. The fourth-order valence-corrected chi connectivity index (χ4v) is 1.79. The van der Waals surface area contributed by atoms with E-state index in [1.807, 2.05) is 32.0 Å². The van der Waals surface area contributed by atoms with Crippen LogP contribution in [0.25, 0.3) is 0 Å². The lowest BCUT2D eigenvalue weighted by atomic mass is 10.1. The summed E-state index contributed by atoms with van der Waals surface area (Å²) in [4.78, 5) is 14.6. The van der Waals surface area contributed by atoms with Crippen LogP contribution in [0.1, 0.15) is 16.7 Å². The van der Waals surface area contributed by atoms with Gasteiger partial charge in [-0.15, -0.1) is 0 Å². The van der Waals surface area contributed by atoms with Gasteiger partial charge in [0.05, 0.1) is 4.92 Å². The first-order valence-corrected chi connectivity index (χ1v) is 5.96. The maximum Gasteiger partial charge on any atom is 0.292 e. The fourth-order valence-electron chi connectivity index (χ4n) is 1.79. The highest BCUT2D eigenvalue weighted by Crippen LogP contribution is 2.28. The van der Waals surface area contributed by atoms with Crippen molar-refractivity contribution in [3.63, 3.8) is 0 Å². The first kappa shape index (κ1) is 13.0. The third kappa shape index (κ3) is 3.07. The van der Waals surface area contributed by atoms with Gasteiger partial charge in [-0.1, -0.05) is 0 Å². The van der Waals surface area contributed by atoms with Crippen LogP contribution in [0.4, 0.5) is 11.4 Å². The highest BCUT2D eigenvalue weighted by Gasteiger charge is 2.15. The van der Waals surface area contributed by atoms with E-state index in [4.69, 9.17) is 0 Å². The monoisotopic (exact) mass is 257 g/mol. The zero-order valence-electron chi connectivity index (χ0n) is 10.9. The number of nitro benzene ring substituents is 1. The van der Waals surface area contributed by atoms with Crippen molar-refractivity contribution in [3.05, 3.63) is 63.5 Å². The van der Waals surface area contributed by atoms with E-state index in [1.54, 1.807) is 18.5 Å². The van der Waals surface area contributed by atoms with Crippen LogP contribution in [0.5, 0.6) is 0 Å². The molecule has 0 aliphatic carbocycles. The summed E-state index contributed by atoms with van der Waals surface area (Å²) in [6.07, 6.45) is 3.40. The minimum absolute atomic E-state index is 0.108. The van der Waals surface area contributed by atoms with E-state index in [-0.39, 0.29) is 10.6 Å². The second-order valence-corrected chi connectivity index (χ2v) is 4.42. The number of nitro groups is 1. The Balaban J connectivity index is 2.24. The Morgan fingerprint density at radius 3 is 2.47 bits per heavy atom. The van der Waals surface area contributed by atoms with E-state index in [9.17, 15) is 10.1 Å². The van der Waals surface area contributed by atoms with E-state index in [0.29, 0.717) is 12.2 Å². The summed E-state index contributed by atoms with van der Waals surface area (Å²) in [5.74, 6) is 0. The number of hydrogen-bond acceptors (Lipinski definition) is 4. The molecule has 0 saturated heterocycles. The Morgan fingerprint density at radius 2 is 1.84 bits per heavy atom. The molecule has 1 aromatic heterocycles. The number of anilines is 1. The lowest BCUT2D eigenvalue weighted by Crippen LogP contribution is -2.03. The van der Waals surface area contributed by atoms with Crippen molar-refractivity contribution in [2.45, 2.75) is 20.4 Å². The van der Waals surface area contributed by atoms with Crippen LogP contribution >= 0.6 is 0 Å². The first-order valence-electron chi connectivity index (χ1n) is 5.96.